The lowest BCUT2D eigenvalue weighted by atomic mass is 10.1. The van der Waals surface area contributed by atoms with Crippen molar-refractivity contribution in [1.82, 2.24) is 4.98 Å². The predicted octanol–water partition coefficient (Wildman–Crippen LogP) is 4.74. The van der Waals surface area contributed by atoms with E-state index in [0.29, 0.717) is 6.42 Å². The minimum absolute atomic E-state index is 0.0207. The maximum Gasteiger partial charge on any atom is 0.228 e. The van der Waals surface area contributed by atoms with Gasteiger partial charge in [0.1, 0.15) is 0 Å². The van der Waals surface area contributed by atoms with E-state index in [9.17, 15) is 4.79 Å². The molecule has 1 aromatic heterocycles. The zero-order valence-corrected chi connectivity index (χ0v) is 14.1. The first kappa shape index (κ1) is 16.7. The van der Waals surface area contributed by atoms with Gasteiger partial charge in [-0.25, -0.2) is 0 Å². The molecule has 3 aromatic rings. The van der Waals surface area contributed by atoms with Crippen LogP contribution in [0.1, 0.15) is 22.5 Å². The maximum atomic E-state index is 12.2. The molecule has 25 heavy (non-hydrogen) atoms. The molecule has 0 aliphatic carbocycles. The van der Waals surface area contributed by atoms with E-state index in [1.165, 1.54) is 0 Å². The number of benzene rings is 2. The lowest BCUT2D eigenvalue weighted by Crippen LogP contribution is -2.14. The molecule has 0 aliphatic heterocycles. The number of carbonyl (C=O) groups excluding carboxylic acids is 1. The molecule has 3 rings (SSSR count). The maximum absolute atomic E-state index is 12.2. The van der Waals surface area contributed by atoms with Gasteiger partial charge in [-0.1, -0.05) is 54.6 Å². The summed E-state index contributed by atoms with van der Waals surface area (Å²) in [6, 6.07) is 23.4. The minimum atomic E-state index is -0.0207. The topological polar surface area (TPSA) is 42.0 Å². The third-order valence-corrected chi connectivity index (χ3v) is 3.73. The minimum Gasteiger partial charge on any atom is -0.326 e. The van der Waals surface area contributed by atoms with Crippen LogP contribution in [0, 0.1) is 6.92 Å². The molecule has 0 aliphatic rings. The van der Waals surface area contributed by atoms with Gasteiger partial charge in [-0.2, -0.15) is 0 Å². The summed E-state index contributed by atoms with van der Waals surface area (Å²) in [7, 11) is 0. The van der Waals surface area contributed by atoms with Gasteiger partial charge in [0.2, 0.25) is 5.91 Å². The first-order valence-electron chi connectivity index (χ1n) is 8.25. The molecule has 0 unspecified atom stereocenters. The van der Waals surface area contributed by atoms with Gasteiger partial charge in [0.05, 0.1) is 12.1 Å². The number of aromatic nitrogens is 1. The highest BCUT2D eigenvalue weighted by Crippen LogP contribution is 2.14. The summed E-state index contributed by atoms with van der Waals surface area (Å²) in [6.07, 6.45) is 4.33. The van der Waals surface area contributed by atoms with Crippen LogP contribution >= 0.6 is 0 Å². The Morgan fingerprint density at radius 3 is 2.56 bits per heavy atom. The largest absolute Gasteiger partial charge is 0.326 e. The number of nitrogens with zero attached hydrogens (tertiary/aromatic N) is 1. The van der Waals surface area contributed by atoms with Crippen molar-refractivity contribution in [2.24, 2.45) is 0 Å². The molecule has 3 heteroatoms. The summed E-state index contributed by atoms with van der Waals surface area (Å²) in [5.41, 5.74) is 4.71. The molecule has 0 saturated heterocycles. The number of nitrogens with one attached hydrogen (secondary N) is 1. The fourth-order valence-electron chi connectivity index (χ4n) is 2.55. The first-order chi connectivity index (χ1) is 12.2. The van der Waals surface area contributed by atoms with Crippen LogP contribution in [0.5, 0.6) is 0 Å². The van der Waals surface area contributed by atoms with Gasteiger partial charge >= 0.3 is 0 Å². The molecular formula is C22H20N2O. The van der Waals surface area contributed by atoms with E-state index in [-0.39, 0.29) is 5.91 Å². The molecular weight excluding hydrogens is 308 g/mol. The Labute approximate surface area is 148 Å². The number of aryl methyl sites for hydroxylation is 1. The van der Waals surface area contributed by atoms with Gasteiger partial charge in [-0.05, 0) is 48.4 Å². The van der Waals surface area contributed by atoms with E-state index < -0.39 is 0 Å². The monoisotopic (exact) mass is 328 g/mol. The van der Waals surface area contributed by atoms with Crippen molar-refractivity contribution >= 4 is 23.7 Å². The molecule has 124 valence electrons. The highest BCUT2D eigenvalue weighted by Gasteiger charge is 2.04. The van der Waals surface area contributed by atoms with Crippen LogP contribution in [-0.2, 0) is 11.2 Å². The van der Waals surface area contributed by atoms with Gasteiger partial charge in [-0.3, -0.25) is 9.78 Å². The number of pyridine rings is 1. The van der Waals surface area contributed by atoms with Crippen molar-refractivity contribution in [3.63, 3.8) is 0 Å². The molecule has 1 N–H and O–H groups in total. The van der Waals surface area contributed by atoms with Gasteiger partial charge in [0, 0.05) is 11.4 Å². The van der Waals surface area contributed by atoms with E-state index in [1.807, 2.05) is 91.9 Å². The van der Waals surface area contributed by atoms with Crippen LogP contribution in [0.2, 0.25) is 0 Å². The molecule has 1 amide bonds. The highest BCUT2D eigenvalue weighted by molar-refractivity contribution is 5.92. The molecule has 2 aromatic carbocycles. The van der Waals surface area contributed by atoms with Gasteiger partial charge in [0.15, 0.2) is 0 Å². The number of anilines is 1. The van der Waals surface area contributed by atoms with Crippen molar-refractivity contribution in [3.05, 3.63) is 95.3 Å². The molecule has 0 spiro atoms. The molecule has 0 saturated carbocycles. The average molecular weight is 328 g/mol. The zero-order chi connectivity index (χ0) is 17.5. The Morgan fingerprint density at radius 2 is 1.76 bits per heavy atom. The fraction of sp³-hybridized carbons (Fsp3) is 0.0909. The number of carbonyl (C=O) groups is 1. The van der Waals surface area contributed by atoms with Crippen molar-refractivity contribution in [2.75, 3.05) is 5.32 Å². The van der Waals surface area contributed by atoms with E-state index in [1.54, 1.807) is 0 Å². The first-order valence-corrected chi connectivity index (χ1v) is 8.25. The van der Waals surface area contributed by atoms with Crippen LogP contribution in [0.4, 0.5) is 5.69 Å². The summed E-state index contributed by atoms with van der Waals surface area (Å²) in [6.45, 7) is 1.97. The lowest BCUT2D eigenvalue weighted by Gasteiger charge is -2.06. The lowest BCUT2D eigenvalue weighted by molar-refractivity contribution is -0.115. The van der Waals surface area contributed by atoms with Crippen molar-refractivity contribution < 1.29 is 4.79 Å². The van der Waals surface area contributed by atoms with Crippen molar-refractivity contribution in [3.8, 4) is 0 Å². The van der Waals surface area contributed by atoms with Crippen LogP contribution < -0.4 is 5.32 Å². The Bertz CT molecular complexity index is 885. The molecule has 0 bridgehead atoms. The second kappa shape index (κ2) is 8.06. The third kappa shape index (κ3) is 5.15. The average Bonchev–Trinajstić information content (AvgIpc) is 2.61. The Balaban J connectivity index is 1.66. The van der Waals surface area contributed by atoms with Crippen molar-refractivity contribution in [2.45, 2.75) is 13.3 Å². The third-order valence-electron chi connectivity index (χ3n) is 3.73. The second-order valence-electron chi connectivity index (χ2n) is 5.87. The molecule has 1 heterocycles. The van der Waals surface area contributed by atoms with E-state index in [4.69, 9.17) is 0 Å². The van der Waals surface area contributed by atoms with Crippen LogP contribution in [0.3, 0.4) is 0 Å². The Morgan fingerprint density at radius 1 is 0.960 bits per heavy atom. The second-order valence-corrected chi connectivity index (χ2v) is 5.87. The highest BCUT2D eigenvalue weighted by atomic mass is 16.1. The van der Waals surface area contributed by atoms with Gasteiger partial charge in [-0.15, -0.1) is 0 Å². The normalized spacial score (nSPS) is 10.8. The Hall–Kier alpha value is -3.20. The summed E-state index contributed by atoms with van der Waals surface area (Å²) in [4.78, 5) is 16.6. The van der Waals surface area contributed by atoms with Crippen LogP contribution in [0.15, 0.2) is 72.8 Å². The van der Waals surface area contributed by atoms with E-state index >= 15 is 0 Å². The summed E-state index contributed by atoms with van der Waals surface area (Å²) in [5.74, 6) is -0.0207. The fourth-order valence-corrected chi connectivity index (χ4v) is 2.55. The summed E-state index contributed by atoms with van der Waals surface area (Å²) < 4.78 is 0. The van der Waals surface area contributed by atoms with E-state index in [2.05, 4.69) is 10.3 Å². The summed E-state index contributed by atoms with van der Waals surface area (Å²) >= 11 is 0. The predicted molar refractivity (Wildman–Crippen MR) is 103 cm³/mol. The molecule has 0 radical (unpaired) electrons. The number of hydrogen-bond donors (Lipinski definition) is 1. The standard InChI is InChI=1S/C22H20N2O/c1-17-7-5-11-20(23-17)14-13-19-10-6-12-21(15-19)24-22(25)16-18-8-3-2-4-9-18/h2-15H,16H2,1H3,(H,24,25)/b14-13+. The van der Waals surface area contributed by atoms with E-state index in [0.717, 1.165) is 28.2 Å². The zero-order valence-electron chi connectivity index (χ0n) is 14.1. The van der Waals surface area contributed by atoms with Crippen molar-refractivity contribution in [1.29, 1.82) is 0 Å². The molecule has 3 nitrogen and oxygen atoms in total. The van der Waals surface area contributed by atoms with Crippen LogP contribution in [-0.4, -0.2) is 10.9 Å². The van der Waals surface area contributed by atoms with Gasteiger partial charge < -0.3 is 5.32 Å². The Kier molecular flexibility index (Phi) is 5.37. The smallest absolute Gasteiger partial charge is 0.228 e. The number of amides is 1. The summed E-state index contributed by atoms with van der Waals surface area (Å²) in [5, 5.41) is 2.95. The van der Waals surface area contributed by atoms with Crippen LogP contribution in [0.25, 0.3) is 12.2 Å². The molecule has 0 fully saturated rings. The number of hydrogen-bond acceptors (Lipinski definition) is 2. The SMILES string of the molecule is Cc1cccc(/C=C/c2cccc(NC(=O)Cc3ccccc3)c2)n1. The number of rotatable bonds is 5. The molecule has 0 atom stereocenters. The van der Waals surface area contributed by atoms with Gasteiger partial charge in [0.25, 0.3) is 0 Å². The quantitative estimate of drug-likeness (QED) is 0.735.